The van der Waals surface area contributed by atoms with E-state index in [0.29, 0.717) is 12.1 Å². The second kappa shape index (κ2) is 8.89. The van der Waals surface area contributed by atoms with Crippen molar-refractivity contribution in [2.45, 2.75) is 58.5 Å². The van der Waals surface area contributed by atoms with E-state index in [4.69, 9.17) is 4.74 Å². The third kappa shape index (κ3) is 5.68. The van der Waals surface area contributed by atoms with Gasteiger partial charge in [-0.15, -0.1) is 0 Å². The van der Waals surface area contributed by atoms with Crippen molar-refractivity contribution in [2.24, 2.45) is 5.92 Å². The van der Waals surface area contributed by atoms with Crippen molar-refractivity contribution in [1.82, 2.24) is 10.2 Å². The first-order chi connectivity index (χ1) is 8.67. The molecule has 1 unspecified atom stereocenters. The van der Waals surface area contributed by atoms with Gasteiger partial charge < -0.3 is 15.0 Å². The largest absolute Gasteiger partial charge is 0.381 e. The predicted molar refractivity (Wildman–Crippen MR) is 78.0 cm³/mol. The molecule has 1 rings (SSSR count). The highest BCUT2D eigenvalue weighted by Gasteiger charge is 2.18. The third-order valence-corrected chi connectivity index (χ3v) is 4.33. The van der Waals surface area contributed by atoms with Gasteiger partial charge in [0.05, 0.1) is 0 Å². The average Bonchev–Trinajstić information content (AvgIpc) is 2.40. The molecule has 0 aromatic rings. The fourth-order valence-corrected chi connectivity index (χ4v) is 2.59. The van der Waals surface area contributed by atoms with Gasteiger partial charge in [0.25, 0.3) is 0 Å². The zero-order valence-electron chi connectivity index (χ0n) is 12.7. The molecular formula is C15H32N2O. The Balaban J connectivity index is 2.20. The van der Waals surface area contributed by atoms with Crippen molar-refractivity contribution >= 4 is 0 Å². The minimum atomic E-state index is 0.619. The van der Waals surface area contributed by atoms with Gasteiger partial charge in [0.15, 0.2) is 0 Å². The van der Waals surface area contributed by atoms with Crippen molar-refractivity contribution in [3.63, 3.8) is 0 Å². The molecule has 1 heterocycles. The third-order valence-electron chi connectivity index (χ3n) is 4.33. The minimum Gasteiger partial charge on any atom is -0.381 e. The summed E-state index contributed by atoms with van der Waals surface area (Å²) in [7, 11) is 2.26. The SMILES string of the molecule is CCC(CC)NCC(C)N(C)CC1CCOCC1. The highest BCUT2D eigenvalue weighted by molar-refractivity contribution is 4.74. The number of nitrogens with one attached hydrogen (secondary N) is 1. The van der Waals surface area contributed by atoms with E-state index >= 15 is 0 Å². The molecule has 0 bridgehead atoms. The number of hydrogen-bond acceptors (Lipinski definition) is 3. The van der Waals surface area contributed by atoms with Crippen LogP contribution in [0.5, 0.6) is 0 Å². The molecule has 0 spiro atoms. The highest BCUT2D eigenvalue weighted by atomic mass is 16.5. The summed E-state index contributed by atoms with van der Waals surface area (Å²) in [6, 6.07) is 1.30. The molecule has 1 atom stereocenters. The molecule has 0 saturated carbocycles. The van der Waals surface area contributed by atoms with E-state index in [-0.39, 0.29) is 0 Å². The Kier molecular flexibility index (Phi) is 7.87. The summed E-state index contributed by atoms with van der Waals surface area (Å²) in [5.41, 5.74) is 0. The van der Waals surface area contributed by atoms with E-state index < -0.39 is 0 Å². The molecule has 3 heteroatoms. The Labute approximate surface area is 113 Å². The van der Waals surface area contributed by atoms with Crippen LogP contribution in [0, 0.1) is 5.92 Å². The van der Waals surface area contributed by atoms with Gasteiger partial charge >= 0.3 is 0 Å². The quantitative estimate of drug-likeness (QED) is 0.722. The Morgan fingerprint density at radius 1 is 1.22 bits per heavy atom. The van der Waals surface area contributed by atoms with Gasteiger partial charge in [0.2, 0.25) is 0 Å². The summed E-state index contributed by atoms with van der Waals surface area (Å²) < 4.78 is 5.42. The molecule has 18 heavy (non-hydrogen) atoms. The molecule has 1 N–H and O–H groups in total. The van der Waals surface area contributed by atoms with Crippen LogP contribution in [0.3, 0.4) is 0 Å². The maximum atomic E-state index is 5.42. The Morgan fingerprint density at radius 3 is 2.39 bits per heavy atom. The number of ether oxygens (including phenoxy) is 1. The van der Waals surface area contributed by atoms with Crippen molar-refractivity contribution in [1.29, 1.82) is 0 Å². The molecule has 108 valence electrons. The lowest BCUT2D eigenvalue weighted by Gasteiger charge is -2.32. The van der Waals surface area contributed by atoms with Crippen LogP contribution in [0.1, 0.15) is 46.5 Å². The maximum absolute atomic E-state index is 5.42. The summed E-state index contributed by atoms with van der Waals surface area (Å²) in [4.78, 5) is 2.51. The molecule has 1 aliphatic heterocycles. The first-order valence-corrected chi connectivity index (χ1v) is 7.68. The minimum absolute atomic E-state index is 0.619. The summed E-state index contributed by atoms with van der Waals surface area (Å²) in [5, 5.41) is 3.67. The van der Waals surface area contributed by atoms with Crippen LogP contribution in [0.2, 0.25) is 0 Å². The van der Waals surface area contributed by atoms with Crippen molar-refractivity contribution in [3.8, 4) is 0 Å². The van der Waals surface area contributed by atoms with E-state index in [1.54, 1.807) is 0 Å². The van der Waals surface area contributed by atoms with E-state index in [1.165, 1.54) is 32.2 Å². The van der Waals surface area contributed by atoms with Gasteiger partial charge in [0, 0.05) is 38.4 Å². The second-order valence-electron chi connectivity index (χ2n) is 5.77. The molecule has 0 aromatic carbocycles. The first-order valence-electron chi connectivity index (χ1n) is 7.68. The normalized spacial score (nSPS) is 19.7. The van der Waals surface area contributed by atoms with Crippen LogP contribution in [0.4, 0.5) is 0 Å². The average molecular weight is 256 g/mol. The van der Waals surface area contributed by atoms with Gasteiger partial charge in [-0.3, -0.25) is 0 Å². The molecule has 3 nitrogen and oxygen atoms in total. The van der Waals surface area contributed by atoms with Crippen molar-refractivity contribution in [2.75, 3.05) is 33.4 Å². The van der Waals surface area contributed by atoms with E-state index in [1.807, 2.05) is 0 Å². The van der Waals surface area contributed by atoms with Crippen LogP contribution in [-0.2, 0) is 4.74 Å². The van der Waals surface area contributed by atoms with Gasteiger partial charge in [0.1, 0.15) is 0 Å². The van der Waals surface area contributed by atoms with Gasteiger partial charge in [-0.2, -0.15) is 0 Å². The summed E-state index contributed by atoms with van der Waals surface area (Å²) in [6.45, 7) is 11.1. The topological polar surface area (TPSA) is 24.5 Å². The standard InChI is InChI=1S/C15H32N2O/c1-5-15(6-2)16-11-13(3)17(4)12-14-7-9-18-10-8-14/h13-16H,5-12H2,1-4H3. The summed E-state index contributed by atoms with van der Waals surface area (Å²) in [6.07, 6.45) is 4.92. The fraction of sp³-hybridized carbons (Fsp3) is 1.00. The van der Waals surface area contributed by atoms with E-state index in [0.717, 1.165) is 25.7 Å². The number of hydrogen-bond donors (Lipinski definition) is 1. The molecule has 1 aliphatic rings. The molecule has 0 aliphatic carbocycles. The summed E-state index contributed by atoms with van der Waals surface area (Å²) in [5.74, 6) is 0.833. The number of rotatable bonds is 8. The van der Waals surface area contributed by atoms with Crippen molar-refractivity contribution in [3.05, 3.63) is 0 Å². The lowest BCUT2D eigenvalue weighted by atomic mass is 9.99. The fourth-order valence-electron chi connectivity index (χ4n) is 2.59. The number of nitrogens with zero attached hydrogens (tertiary/aromatic N) is 1. The molecular weight excluding hydrogens is 224 g/mol. The Morgan fingerprint density at radius 2 is 1.83 bits per heavy atom. The van der Waals surface area contributed by atoms with Crippen LogP contribution in [0.15, 0.2) is 0 Å². The highest BCUT2D eigenvalue weighted by Crippen LogP contribution is 2.16. The first kappa shape index (κ1) is 15.9. The molecule has 0 radical (unpaired) electrons. The Hall–Kier alpha value is -0.120. The molecule has 0 aromatic heterocycles. The molecule has 0 amide bonds. The van der Waals surface area contributed by atoms with Crippen LogP contribution in [0.25, 0.3) is 0 Å². The van der Waals surface area contributed by atoms with E-state index in [2.05, 4.69) is 38.0 Å². The lowest BCUT2D eigenvalue weighted by Crippen LogP contribution is -2.43. The Bertz CT molecular complexity index is 201. The van der Waals surface area contributed by atoms with Crippen LogP contribution in [-0.4, -0.2) is 50.3 Å². The van der Waals surface area contributed by atoms with Gasteiger partial charge in [-0.25, -0.2) is 0 Å². The monoisotopic (exact) mass is 256 g/mol. The van der Waals surface area contributed by atoms with Gasteiger partial charge in [-0.05, 0) is 45.6 Å². The lowest BCUT2D eigenvalue weighted by molar-refractivity contribution is 0.0512. The number of likely N-dealkylation sites (N-methyl/N-ethyl adjacent to an activating group) is 1. The molecule has 1 fully saturated rings. The van der Waals surface area contributed by atoms with Gasteiger partial charge in [-0.1, -0.05) is 13.8 Å². The smallest absolute Gasteiger partial charge is 0.0469 e. The zero-order valence-corrected chi connectivity index (χ0v) is 12.7. The maximum Gasteiger partial charge on any atom is 0.0469 e. The van der Waals surface area contributed by atoms with Crippen molar-refractivity contribution < 1.29 is 4.74 Å². The second-order valence-corrected chi connectivity index (χ2v) is 5.77. The molecule has 1 saturated heterocycles. The van der Waals surface area contributed by atoms with Crippen LogP contribution < -0.4 is 5.32 Å². The zero-order chi connectivity index (χ0) is 13.4. The van der Waals surface area contributed by atoms with Crippen LogP contribution >= 0.6 is 0 Å². The van der Waals surface area contributed by atoms with E-state index in [9.17, 15) is 0 Å². The summed E-state index contributed by atoms with van der Waals surface area (Å²) >= 11 is 0. The predicted octanol–water partition coefficient (Wildman–Crippen LogP) is 2.51.